The maximum atomic E-state index is 12.2. The summed E-state index contributed by atoms with van der Waals surface area (Å²) in [5.74, 6) is -1.81. The zero-order valence-corrected chi connectivity index (χ0v) is 12.9. The molecule has 0 saturated heterocycles. The Balaban J connectivity index is 2.50. The van der Waals surface area contributed by atoms with Crippen LogP contribution in [0.15, 0.2) is 35.7 Å². The molecule has 0 saturated carbocycles. The average Bonchev–Trinajstić information content (AvgIpc) is 2.46. The van der Waals surface area contributed by atoms with Crippen LogP contribution in [0.2, 0.25) is 0 Å². The van der Waals surface area contributed by atoms with Crippen LogP contribution in [0.1, 0.15) is 31.7 Å². The Morgan fingerprint density at radius 3 is 2.70 bits per heavy atom. The molecular formula is C16H18N2O5. The molecule has 1 heterocycles. The van der Waals surface area contributed by atoms with E-state index in [0.717, 1.165) is 0 Å². The summed E-state index contributed by atoms with van der Waals surface area (Å²) in [6.45, 7) is 3.14. The maximum Gasteiger partial charge on any atom is 0.338 e. The van der Waals surface area contributed by atoms with Gasteiger partial charge in [0, 0.05) is 24.8 Å². The number of amides is 1. The monoisotopic (exact) mass is 318 g/mol. The van der Waals surface area contributed by atoms with Gasteiger partial charge in [0.15, 0.2) is 0 Å². The Bertz CT molecular complexity index is 681. The molecule has 0 radical (unpaired) electrons. The Morgan fingerprint density at radius 2 is 2.04 bits per heavy atom. The molecule has 1 amide bonds. The number of rotatable bonds is 4. The molecule has 0 aromatic heterocycles. The fraction of sp³-hybridized carbons (Fsp3) is 0.312. The van der Waals surface area contributed by atoms with E-state index < -0.39 is 17.9 Å². The minimum Gasteiger partial charge on any atom is -0.463 e. The number of ether oxygens (including phenoxy) is 2. The number of benzene rings is 1. The molecule has 1 atom stereocenters. The number of esters is 2. The molecule has 1 aromatic rings. The molecule has 0 fully saturated rings. The first-order valence-corrected chi connectivity index (χ1v) is 7.18. The molecule has 2 rings (SSSR count). The van der Waals surface area contributed by atoms with Crippen LogP contribution in [0, 0.1) is 0 Å². The van der Waals surface area contributed by atoms with Crippen molar-refractivity contribution in [3.8, 4) is 5.75 Å². The topological polar surface area (TPSA) is 108 Å². The van der Waals surface area contributed by atoms with E-state index in [9.17, 15) is 14.4 Å². The van der Waals surface area contributed by atoms with Gasteiger partial charge in [0.1, 0.15) is 11.6 Å². The largest absolute Gasteiger partial charge is 0.463 e. The van der Waals surface area contributed by atoms with Crippen molar-refractivity contribution in [3.63, 3.8) is 0 Å². The van der Waals surface area contributed by atoms with Crippen molar-refractivity contribution >= 4 is 17.8 Å². The van der Waals surface area contributed by atoms with Crippen molar-refractivity contribution < 1.29 is 23.9 Å². The van der Waals surface area contributed by atoms with Crippen LogP contribution in [0.5, 0.6) is 5.75 Å². The second kappa shape index (κ2) is 6.95. The normalized spacial score (nSPS) is 17.5. The quantitative estimate of drug-likeness (QED) is 0.632. The predicted octanol–water partition coefficient (Wildman–Crippen LogP) is 0.949. The Morgan fingerprint density at radius 1 is 1.35 bits per heavy atom. The molecular weight excluding hydrogens is 300 g/mol. The second-order valence-electron chi connectivity index (χ2n) is 4.98. The molecule has 23 heavy (non-hydrogen) atoms. The molecule has 7 nitrogen and oxygen atoms in total. The van der Waals surface area contributed by atoms with E-state index in [1.165, 1.54) is 6.92 Å². The van der Waals surface area contributed by atoms with Crippen LogP contribution < -0.4 is 15.8 Å². The lowest BCUT2D eigenvalue weighted by Crippen LogP contribution is -2.38. The number of carbonyl (C=O) groups excluding carboxylic acids is 3. The Labute approximate surface area is 133 Å². The van der Waals surface area contributed by atoms with Crippen molar-refractivity contribution in [3.05, 3.63) is 41.2 Å². The third-order valence-corrected chi connectivity index (χ3v) is 3.35. The van der Waals surface area contributed by atoms with Crippen molar-refractivity contribution in [2.24, 2.45) is 5.73 Å². The van der Waals surface area contributed by atoms with Gasteiger partial charge in [-0.2, -0.15) is 0 Å². The molecule has 3 N–H and O–H groups in total. The van der Waals surface area contributed by atoms with E-state index in [1.54, 1.807) is 31.2 Å². The fourth-order valence-corrected chi connectivity index (χ4v) is 2.49. The van der Waals surface area contributed by atoms with Crippen LogP contribution >= 0.6 is 0 Å². The van der Waals surface area contributed by atoms with Gasteiger partial charge in [0.2, 0.25) is 5.91 Å². The molecule has 1 aromatic carbocycles. The first kappa shape index (κ1) is 16.5. The molecule has 1 aliphatic heterocycles. The van der Waals surface area contributed by atoms with Gasteiger partial charge in [0.05, 0.1) is 12.2 Å². The van der Waals surface area contributed by atoms with E-state index >= 15 is 0 Å². The highest BCUT2D eigenvalue weighted by Crippen LogP contribution is 2.37. The van der Waals surface area contributed by atoms with Crippen LogP contribution in [0.4, 0.5) is 0 Å². The zero-order valence-electron chi connectivity index (χ0n) is 12.9. The third-order valence-electron chi connectivity index (χ3n) is 3.35. The number of para-hydroxylation sites is 1. The smallest absolute Gasteiger partial charge is 0.338 e. The van der Waals surface area contributed by atoms with Crippen LogP contribution in [-0.4, -0.2) is 24.5 Å². The van der Waals surface area contributed by atoms with Crippen LogP contribution in [0.3, 0.4) is 0 Å². The molecule has 0 aliphatic carbocycles. The Kier molecular flexibility index (Phi) is 5.00. The SMILES string of the molecule is CCOC(=O)C1=C(N)NC(=O)CC1c1ccccc1OC(C)=O. The van der Waals surface area contributed by atoms with Gasteiger partial charge < -0.3 is 20.5 Å². The maximum absolute atomic E-state index is 12.2. The standard InChI is InChI=1S/C16H18N2O5/c1-3-22-16(21)14-11(8-13(20)18-15(14)17)10-6-4-5-7-12(10)23-9(2)19/h4-7,11H,3,8,17H2,1-2H3,(H,18,20). The molecule has 1 unspecified atom stereocenters. The third kappa shape index (κ3) is 3.68. The lowest BCUT2D eigenvalue weighted by molar-refractivity contribution is -0.139. The lowest BCUT2D eigenvalue weighted by Gasteiger charge is -2.27. The zero-order chi connectivity index (χ0) is 17.0. The van der Waals surface area contributed by atoms with E-state index in [4.69, 9.17) is 15.2 Å². The number of hydrogen-bond donors (Lipinski definition) is 2. The van der Waals surface area contributed by atoms with Crippen molar-refractivity contribution in [1.82, 2.24) is 5.32 Å². The molecule has 0 bridgehead atoms. The van der Waals surface area contributed by atoms with Crippen molar-refractivity contribution in [2.45, 2.75) is 26.2 Å². The first-order chi connectivity index (χ1) is 10.9. The number of nitrogens with one attached hydrogen (secondary N) is 1. The van der Waals surface area contributed by atoms with Crippen LogP contribution in [-0.2, 0) is 19.1 Å². The average molecular weight is 318 g/mol. The molecule has 122 valence electrons. The minimum absolute atomic E-state index is 0.00707. The number of nitrogens with two attached hydrogens (primary N) is 1. The summed E-state index contributed by atoms with van der Waals surface area (Å²) in [4.78, 5) is 35.3. The summed E-state index contributed by atoms with van der Waals surface area (Å²) in [6, 6.07) is 6.71. The molecule has 0 spiro atoms. The van der Waals surface area contributed by atoms with Gasteiger partial charge in [-0.15, -0.1) is 0 Å². The van der Waals surface area contributed by atoms with E-state index in [0.29, 0.717) is 5.56 Å². The lowest BCUT2D eigenvalue weighted by atomic mass is 9.85. The number of carbonyl (C=O) groups is 3. The highest BCUT2D eigenvalue weighted by molar-refractivity contribution is 5.96. The summed E-state index contributed by atoms with van der Waals surface area (Å²) >= 11 is 0. The summed E-state index contributed by atoms with van der Waals surface area (Å²) in [7, 11) is 0. The van der Waals surface area contributed by atoms with Crippen molar-refractivity contribution in [2.75, 3.05) is 6.61 Å². The van der Waals surface area contributed by atoms with Gasteiger partial charge in [-0.1, -0.05) is 18.2 Å². The molecule has 1 aliphatic rings. The van der Waals surface area contributed by atoms with Gasteiger partial charge in [-0.05, 0) is 13.0 Å². The predicted molar refractivity (Wildman–Crippen MR) is 81.1 cm³/mol. The molecule has 7 heteroatoms. The summed E-state index contributed by atoms with van der Waals surface area (Å²) in [6.07, 6.45) is 0.00707. The first-order valence-electron chi connectivity index (χ1n) is 7.18. The highest BCUT2D eigenvalue weighted by Gasteiger charge is 2.35. The van der Waals surface area contributed by atoms with Crippen molar-refractivity contribution in [1.29, 1.82) is 0 Å². The van der Waals surface area contributed by atoms with Gasteiger partial charge >= 0.3 is 11.9 Å². The number of hydrogen-bond acceptors (Lipinski definition) is 6. The summed E-state index contributed by atoms with van der Waals surface area (Å²) < 4.78 is 10.2. The highest BCUT2D eigenvalue weighted by atomic mass is 16.5. The van der Waals surface area contributed by atoms with E-state index in [1.807, 2.05) is 0 Å². The summed E-state index contributed by atoms with van der Waals surface area (Å²) in [5.41, 5.74) is 6.51. The van der Waals surface area contributed by atoms with Crippen LogP contribution in [0.25, 0.3) is 0 Å². The van der Waals surface area contributed by atoms with Gasteiger partial charge in [0.25, 0.3) is 0 Å². The minimum atomic E-state index is -0.640. The summed E-state index contributed by atoms with van der Waals surface area (Å²) in [5, 5.41) is 2.44. The van der Waals surface area contributed by atoms with Gasteiger partial charge in [-0.25, -0.2) is 4.79 Å². The fourth-order valence-electron chi connectivity index (χ4n) is 2.49. The van der Waals surface area contributed by atoms with E-state index in [-0.39, 0.29) is 36.1 Å². The second-order valence-corrected chi connectivity index (χ2v) is 4.98. The van der Waals surface area contributed by atoms with Gasteiger partial charge in [-0.3, -0.25) is 9.59 Å². The Hall–Kier alpha value is -2.83. The van der Waals surface area contributed by atoms with E-state index in [2.05, 4.69) is 5.32 Å².